The zero-order valence-corrected chi connectivity index (χ0v) is 14.2. The number of fused-ring (bicyclic) bond motifs is 1. The Balaban J connectivity index is 1.98. The lowest BCUT2D eigenvalue weighted by atomic mass is 10.0. The minimum atomic E-state index is 1.06. The predicted octanol–water partition coefficient (Wildman–Crippen LogP) is 5.09. The van der Waals surface area contributed by atoms with Gasteiger partial charge in [0.05, 0.1) is 5.52 Å². The van der Waals surface area contributed by atoms with Crippen LogP contribution in [0.4, 0.5) is 5.69 Å². The minimum absolute atomic E-state index is 1.06. The summed E-state index contributed by atoms with van der Waals surface area (Å²) < 4.78 is 0. The van der Waals surface area contributed by atoms with Crippen molar-refractivity contribution in [1.29, 1.82) is 0 Å². The Bertz CT molecular complexity index is 859. The van der Waals surface area contributed by atoms with Crippen LogP contribution in [0.15, 0.2) is 48.7 Å². The highest BCUT2D eigenvalue weighted by Crippen LogP contribution is 2.24. The van der Waals surface area contributed by atoms with Gasteiger partial charge in [0.25, 0.3) is 0 Å². The van der Waals surface area contributed by atoms with Gasteiger partial charge in [0.15, 0.2) is 0 Å². The van der Waals surface area contributed by atoms with Gasteiger partial charge in [-0.15, -0.1) is 0 Å². The Morgan fingerprint density at radius 1 is 0.913 bits per heavy atom. The van der Waals surface area contributed by atoms with Gasteiger partial charge in [0.2, 0.25) is 0 Å². The van der Waals surface area contributed by atoms with Gasteiger partial charge in [-0.05, 0) is 60.4 Å². The normalized spacial score (nSPS) is 11.3. The van der Waals surface area contributed by atoms with E-state index in [0.29, 0.717) is 0 Å². The summed E-state index contributed by atoms with van der Waals surface area (Å²) in [6.45, 7) is 4.27. The molecule has 2 nitrogen and oxygen atoms in total. The summed E-state index contributed by atoms with van der Waals surface area (Å²) in [4.78, 5) is 6.62. The molecule has 23 heavy (non-hydrogen) atoms. The molecule has 0 unspecified atom stereocenters. The Labute approximate surface area is 138 Å². The summed E-state index contributed by atoms with van der Waals surface area (Å²) in [5.74, 6) is 0. The molecule has 0 aliphatic carbocycles. The van der Waals surface area contributed by atoms with E-state index < -0.39 is 0 Å². The zero-order chi connectivity index (χ0) is 16.4. The molecule has 0 saturated heterocycles. The number of hydrogen-bond acceptors (Lipinski definition) is 2. The van der Waals surface area contributed by atoms with Crippen molar-refractivity contribution >= 4 is 28.7 Å². The van der Waals surface area contributed by atoms with E-state index in [2.05, 4.69) is 92.4 Å². The Kier molecular flexibility index (Phi) is 4.16. The minimum Gasteiger partial charge on any atom is -0.378 e. The zero-order valence-electron chi connectivity index (χ0n) is 14.2. The maximum atomic E-state index is 4.51. The molecule has 0 amide bonds. The van der Waals surface area contributed by atoms with Gasteiger partial charge in [-0.25, -0.2) is 0 Å². The maximum absolute atomic E-state index is 4.51. The van der Waals surface area contributed by atoms with Crippen molar-refractivity contribution in [3.8, 4) is 0 Å². The second-order valence-electron chi connectivity index (χ2n) is 6.20. The lowest BCUT2D eigenvalue weighted by Crippen LogP contribution is -2.07. The maximum Gasteiger partial charge on any atom is 0.0713 e. The first-order valence-electron chi connectivity index (χ1n) is 7.86. The van der Waals surface area contributed by atoms with Gasteiger partial charge in [0, 0.05) is 31.4 Å². The van der Waals surface area contributed by atoms with E-state index in [1.807, 2.05) is 6.20 Å². The molecule has 0 N–H and O–H groups in total. The van der Waals surface area contributed by atoms with Crippen molar-refractivity contribution in [2.24, 2.45) is 0 Å². The number of rotatable bonds is 3. The summed E-state index contributed by atoms with van der Waals surface area (Å²) in [6, 6.07) is 15.0. The van der Waals surface area contributed by atoms with Crippen LogP contribution in [0.25, 0.3) is 23.1 Å². The molecule has 0 aliphatic heterocycles. The van der Waals surface area contributed by atoms with Crippen LogP contribution in [-0.4, -0.2) is 19.1 Å². The highest BCUT2D eigenvalue weighted by atomic mass is 15.1. The molecule has 0 saturated carbocycles. The molecule has 0 radical (unpaired) electrons. The molecule has 3 rings (SSSR count). The molecule has 1 aromatic heterocycles. The number of hydrogen-bond donors (Lipinski definition) is 0. The number of pyridine rings is 1. The quantitative estimate of drug-likeness (QED) is 0.670. The average Bonchev–Trinajstić information content (AvgIpc) is 2.52. The van der Waals surface area contributed by atoms with Crippen molar-refractivity contribution in [2.75, 3.05) is 19.0 Å². The fourth-order valence-corrected chi connectivity index (χ4v) is 2.91. The van der Waals surface area contributed by atoms with Gasteiger partial charge in [-0.2, -0.15) is 0 Å². The topological polar surface area (TPSA) is 16.1 Å². The van der Waals surface area contributed by atoms with Gasteiger partial charge in [0.1, 0.15) is 0 Å². The lowest BCUT2D eigenvalue weighted by Gasteiger charge is -2.11. The highest BCUT2D eigenvalue weighted by Gasteiger charge is 2.04. The monoisotopic (exact) mass is 302 g/mol. The number of nitrogens with zero attached hydrogens (tertiary/aromatic N) is 2. The van der Waals surface area contributed by atoms with E-state index >= 15 is 0 Å². The third kappa shape index (κ3) is 3.26. The second kappa shape index (κ2) is 6.25. The van der Waals surface area contributed by atoms with Gasteiger partial charge < -0.3 is 4.90 Å². The van der Waals surface area contributed by atoms with E-state index in [-0.39, 0.29) is 0 Å². The summed E-state index contributed by atoms with van der Waals surface area (Å²) in [5, 5.41) is 1.24. The first kappa shape index (κ1) is 15.3. The Morgan fingerprint density at radius 3 is 2.35 bits per heavy atom. The standard InChI is InChI=1S/C21H22N2/c1-15-13-16(2)21-18(11-12-22-20(21)14-15)8-5-17-6-9-19(10-7-17)23(3)4/h5-14H,1-4H3/b8-5-. The van der Waals surface area contributed by atoms with Crippen LogP contribution >= 0.6 is 0 Å². The highest BCUT2D eigenvalue weighted by molar-refractivity contribution is 5.93. The largest absolute Gasteiger partial charge is 0.378 e. The smallest absolute Gasteiger partial charge is 0.0713 e. The lowest BCUT2D eigenvalue weighted by molar-refractivity contribution is 1.13. The molecule has 0 bridgehead atoms. The van der Waals surface area contributed by atoms with Crippen LogP contribution in [-0.2, 0) is 0 Å². The average molecular weight is 302 g/mol. The second-order valence-corrected chi connectivity index (χ2v) is 6.20. The summed E-state index contributed by atoms with van der Waals surface area (Å²) in [7, 11) is 4.11. The first-order valence-corrected chi connectivity index (χ1v) is 7.86. The predicted molar refractivity (Wildman–Crippen MR) is 101 cm³/mol. The van der Waals surface area contributed by atoms with E-state index in [9.17, 15) is 0 Å². The van der Waals surface area contributed by atoms with Gasteiger partial charge >= 0.3 is 0 Å². The first-order chi connectivity index (χ1) is 11.0. The molecule has 2 heteroatoms. The van der Waals surface area contributed by atoms with Gasteiger partial charge in [-0.1, -0.05) is 30.4 Å². The van der Waals surface area contributed by atoms with Gasteiger partial charge in [-0.3, -0.25) is 4.98 Å². The van der Waals surface area contributed by atoms with Crippen LogP contribution in [0.1, 0.15) is 22.3 Å². The SMILES string of the molecule is Cc1cc(C)c2c(/C=C\c3ccc(N(C)C)cc3)ccnc2c1. The molecular formula is C21H22N2. The molecular weight excluding hydrogens is 280 g/mol. The van der Waals surface area contributed by atoms with Crippen LogP contribution in [0.3, 0.4) is 0 Å². The molecule has 0 atom stereocenters. The van der Waals surface area contributed by atoms with Crippen molar-refractivity contribution < 1.29 is 0 Å². The molecule has 2 aromatic carbocycles. The Hall–Kier alpha value is -2.61. The van der Waals surface area contributed by atoms with Crippen molar-refractivity contribution in [2.45, 2.75) is 13.8 Å². The molecule has 116 valence electrons. The Morgan fingerprint density at radius 2 is 1.65 bits per heavy atom. The van der Waals surface area contributed by atoms with E-state index in [4.69, 9.17) is 0 Å². The molecule has 3 aromatic rings. The summed E-state index contributed by atoms with van der Waals surface area (Å²) >= 11 is 0. The molecule has 0 aliphatic rings. The van der Waals surface area contributed by atoms with Crippen LogP contribution in [0.2, 0.25) is 0 Å². The molecule has 1 heterocycles. The van der Waals surface area contributed by atoms with Crippen LogP contribution < -0.4 is 4.90 Å². The summed E-state index contributed by atoms with van der Waals surface area (Å²) in [5.41, 5.74) is 7.21. The van der Waals surface area contributed by atoms with Crippen LogP contribution in [0, 0.1) is 13.8 Å². The van der Waals surface area contributed by atoms with E-state index in [1.54, 1.807) is 0 Å². The van der Waals surface area contributed by atoms with Crippen molar-refractivity contribution in [3.05, 3.63) is 70.9 Å². The molecule has 0 fully saturated rings. The molecule has 0 spiro atoms. The number of aromatic nitrogens is 1. The number of benzene rings is 2. The fourth-order valence-electron chi connectivity index (χ4n) is 2.91. The number of anilines is 1. The van der Waals surface area contributed by atoms with E-state index in [1.165, 1.54) is 33.3 Å². The number of aryl methyl sites for hydroxylation is 2. The van der Waals surface area contributed by atoms with Crippen molar-refractivity contribution in [3.63, 3.8) is 0 Å². The van der Waals surface area contributed by atoms with Crippen molar-refractivity contribution in [1.82, 2.24) is 4.98 Å². The fraction of sp³-hybridized carbons (Fsp3) is 0.190. The van der Waals surface area contributed by atoms with Crippen LogP contribution in [0.5, 0.6) is 0 Å². The summed E-state index contributed by atoms with van der Waals surface area (Å²) in [6.07, 6.45) is 6.22. The van der Waals surface area contributed by atoms with E-state index in [0.717, 1.165) is 5.52 Å². The third-order valence-corrected chi connectivity index (χ3v) is 4.08. The third-order valence-electron chi connectivity index (χ3n) is 4.08.